The fraction of sp³-hybridized carbons (Fsp3) is 0.250. The zero-order valence-electron chi connectivity index (χ0n) is 15.2. The van der Waals surface area contributed by atoms with E-state index < -0.39 is 0 Å². The number of benzene rings is 1. The van der Waals surface area contributed by atoms with Crippen molar-refractivity contribution in [1.82, 2.24) is 14.3 Å². The summed E-state index contributed by atoms with van der Waals surface area (Å²) in [7, 11) is 1.56. The first kappa shape index (κ1) is 17.1. The Balaban J connectivity index is 1.64. The number of urea groups is 1. The lowest BCUT2D eigenvalue weighted by molar-refractivity contribution is 0.205. The van der Waals surface area contributed by atoms with Crippen LogP contribution in [0.15, 0.2) is 47.3 Å². The van der Waals surface area contributed by atoms with Crippen LogP contribution in [0.2, 0.25) is 0 Å². The van der Waals surface area contributed by atoms with Gasteiger partial charge in [-0.15, -0.1) is 0 Å². The summed E-state index contributed by atoms with van der Waals surface area (Å²) in [6.07, 6.45) is 0.550. The number of fused-ring (bicyclic) bond motifs is 2. The number of carbonyl (C=O) groups is 1. The number of carbonyl (C=O) groups excluding carboxylic acids is 1. The van der Waals surface area contributed by atoms with Crippen LogP contribution in [0.25, 0.3) is 5.65 Å². The summed E-state index contributed by atoms with van der Waals surface area (Å²) in [6, 6.07) is 12.6. The highest BCUT2D eigenvalue weighted by Crippen LogP contribution is 2.24. The summed E-state index contributed by atoms with van der Waals surface area (Å²) in [5.74, 6) is 0.589. The lowest BCUT2D eigenvalue weighted by atomic mass is 10.1. The third-order valence-corrected chi connectivity index (χ3v) is 4.83. The Bertz CT molecular complexity index is 1090. The summed E-state index contributed by atoms with van der Waals surface area (Å²) >= 11 is 0. The molecule has 0 aliphatic carbocycles. The highest BCUT2D eigenvalue weighted by molar-refractivity contribution is 5.91. The SMILES string of the molecule is COc1ccccc1NC(=O)N1CCc2nc3cccc(C)n3c(=O)c2C1. The van der Waals surface area contributed by atoms with Crippen LogP contribution >= 0.6 is 0 Å². The van der Waals surface area contributed by atoms with Gasteiger partial charge < -0.3 is 15.0 Å². The molecule has 0 spiro atoms. The minimum atomic E-state index is -0.264. The van der Waals surface area contributed by atoms with Gasteiger partial charge in [-0.05, 0) is 31.2 Å². The van der Waals surface area contributed by atoms with Crippen molar-refractivity contribution in [2.45, 2.75) is 19.9 Å². The van der Waals surface area contributed by atoms with E-state index in [2.05, 4.69) is 10.3 Å². The van der Waals surface area contributed by atoms with Crippen LogP contribution in [0.4, 0.5) is 10.5 Å². The number of nitrogens with zero attached hydrogens (tertiary/aromatic N) is 3. The van der Waals surface area contributed by atoms with E-state index in [1.54, 1.807) is 28.5 Å². The molecule has 0 atom stereocenters. The molecule has 0 radical (unpaired) electrons. The third kappa shape index (κ3) is 3.01. The maximum Gasteiger partial charge on any atom is 0.322 e. The van der Waals surface area contributed by atoms with Gasteiger partial charge in [0.2, 0.25) is 0 Å². The summed E-state index contributed by atoms with van der Waals surface area (Å²) in [5, 5.41) is 2.86. The molecule has 7 nitrogen and oxygen atoms in total. The van der Waals surface area contributed by atoms with Gasteiger partial charge in [-0.1, -0.05) is 18.2 Å². The number of rotatable bonds is 2. The van der Waals surface area contributed by atoms with E-state index in [4.69, 9.17) is 4.74 Å². The predicted octanol–water partition coefficient (Wildman–Crippen LogP) is 2.60. The van der Waals surface area contributed by atoms with Crippen molar-refractivity contribution in [3.63, 3.8) is 0 Å². The van der Waals surface area contributed by atoms with Gasteiger partial charge in [0.25, 0.3) is 5.56 Å². The van der Waals surface area contributed by atoms with Gasteiger partial charge in [-0.2, -0.15) is 0 Å². The van der Waals surface area contributed by atoms with E-state index in [1.165, 1.54) is 0 Å². The molecule has 1 aromatic carbocycles. The fourth-order valence-electron chi connectivity index (χ4n) is 3.41. The number of nitrogens with one attached hydrogen (secondary N) is 1. The van der Waals surface area contributed by atoms with Crippen molar-refractivity contribution in [1.29, 1.82) is 0 Å². The van der Waals surface area contributed by atoms with Crippen LogP contribution in [-0.4, -0.2) is 34.0 Å². The van der Waals surface area contributed by atoms with Crippen LogP contribution in [-0.2, 0) is 13.0 Å². The maximum absolute atomic E-state index is 13.0. The van der Waals surface area contributed by atoms with Gasteiger partial charge in [0.05, 0.1) is 30.6 Å². The molecule has 1 aliphatic heterocycles. The van der Waals surface area contributed by atoms with E-state index in [-0.39, 0.29) is 18.1 Å². The quantitative estimate of drug-likeness (QED) is 0.758. The molecule has 7 heteroatoms. The Morgan fingerprint density at radius 1 is 1.19 bits per heavy atom. The van der Waals surface area contributed by atoms with Crippen LogP contribution in [0.3, 0.4) is 0 Å². The standard InChI is InChI=1S/C20H20N4O3/c1-13-6-5-9-18-21-15-10-11-23(12-14(15)19(25)24(13)18)20(26)22-16-7-3-4-8-17(16)27-2/h3-9H,10-12H2,1-2H3,(H,22,26). The van der Waals surface area contributed by atoms with E-state index >= 15 is 0 Å². The molecule has 1 aliphatic rings. The number of aromatic nitrogens is 2. The molecule has 3 aromatic rings. The minimum Gasteiger partial charge on any atom is -0.495 e. The molecule has 138 valence electrons. The molecule has 27 heavy (non-hydrogen) atoms. The molecule has 1 N–H and O–H groups in total. The van der Waals surface area contributed by atoms with Gasteiger partial charge in [-0.3, -0.25) is 9.20 Å². The predicted molar refractivity (Wildman–Crippen MR) is 102 cm³/mol. The Morgan fingerprint density at radius 2 is 2.00 bits per heavy atom. The summed E-state index contributed by atoms with van der Waals surface area (Å²) in [4.78, 5) is 31.9. The Kier molecular flexibility index (Phi) is 4.27. The summed E-state index contributed by atoms with van der Waals surface area (Å²) in [5.41, 5.74) is 3.30. The molecule has 0 fully saturated rings. The molecular formula is C20H20N4O3. The Labute approximate surface area is 156 Å². The zero-order chi connectivity index (χ0) is 19.0. The molecule has 2 aromatic heterocycles. The number of aryl methyl sites for hydroxylation is 1. The molecule has 0 saturated carbocycles. The number of hydrogen-bond acceptors (Lipinski definition) is 4. The highest BCUT2D eigenvalue weighted by atomic mass is 16.5. The topological polar surface area (TPSA) is 75.9 Å². The summed E-state index contributed by atoms with van der Waals surface area (Å²) in [6.45, 7) is 2.61. The van der Waals surface area contributed by atoms with Gasteiger partial charge in [-0.25, -0.2) is 9.78 Å². The largest absolute Gasteiger partial charge is 0.495 e. The molecule has 2 amide bonds. The highest BCUT2D eigenvalue weighted by Gasteiger charge is 2.25. The molecule has 0 saturated heterocycles. The van der Waals surface area contributed by atoms with Crippen LogP contribution in [0.1, 0.15) is 17.0 Å². The van der Waals surface area contributed by atoms with E-state index in [0.29, 0.717) is 35.6 Å². The second kappa shape index (κ2) is 6.75. The van der Waals surface area contributed by atoms with Gasteiger partial charge in [0.1, 0.15) is 11.4 Å². The average molecular weight is 364 g/mol. The number of para-hydroxylation sites is 2. The maximum atomic E-state index is 13.0. The van der Waals surface area contributed by atoms with Crippen molar-refractivity contribution in [2.75, 3.05) is 19.0 Å². The van der Waals surface area contributed by atoms with E-state index in [1.807, 2.05) is 37.3 Å². The first-order chi connectivity index (χ1) is 13.1. The Hall–Kier alpha value is -3.35. The number of ether oxygens (including phenoxy) is 1. The molecular weight excluding hydrogens is 344 g/mol. The average Bonchev–Trinajstić information content (AvgIpc) is 2.68. The second-order valence-electron chi connectivity index (χ2n) is 6.50. The van der Waals surface area contributed by atoms with Crippen molar-refractivity contribution < 1.29 is 9.53 Å². The van der Waals surface area contributed by atoms with E-state index in [0.717, 1.165) is 11.4 Å². The minimum absolute atomic E-state index is 0.108. The number of pyridine rings is 1. The molecule has 3 heterocycles. The smallest absolute Gasteiger partial charge is 0.322 e. The number of hydrogen-bond donors (Lipinski definition) is 1. The lowest BCUT2D eigenvalue weighted by Gasteiger charge is -2.28. The van der Waals surface area contributed by atoms with Crippen molar-refractivity contribution >= 4 is 17.4 Å². The Morgan fingerprint density at radius 3 is 2.81 bits per heavy atom. The second-order valence-corrected chi connectivity index (χ2v) is 6.50. The van der Waals surface area contributed by atoms with Crippen molar-refractivity contribution in [3.05, 3.63) is 69.8 Å². The first-order valence-electron chi connectivity index (χ1n) is 8.77. The van der Waals surface area contributed by atoms with Crippen LogP contribution < -0.4 is 15.6 Å². The van der Waals surface area contributed by atoms with Crippen molar-refractivity contribution in [2.24, 2.45) is 0 Å². The zero-order valence-corrected chi connectivity index (χ0v) is 15.2. The van der Waals surface area contributed by atoms with Gasteiger partial charge >= 0.3 is 6.03 Å². The molecule has 4 rings (SSSR count). The van der Waals surface area contributed by atoms with Crippen LogP contribution in [0, 0.1) is 6.92 Å². The summed E-state index contributed by atoms with van der Waals surface area (Å²) < 4.78 is 6.87. The van der Waals surface area contributed by atoms with Crippen molar-refractivity contribution in [3.8, 4) is 5.75 Å². The first-order valence-corrected chi connectivity index (χ1v) is 8.77. The van der Waals surface area contributed by atoms with Gasteiger partial charge in [0, 0.05) is 18.7 Å². The molecule has 0 unspecified atom stereocenters. The number of amides is 2. The fourth-order valence-corrected chi connectivity index (χ4v) is 3.41. The van der Waals surface area contributed by atoms with Gasteiger partial charge in [0.15, 0.2) is 0 Å². The van der Waals surface area contributed by atoms with Crippen LogP contribution in [0.5, 0.6) is 5.75 Å². The number of anilines is 1. The number of methoxy groups -OCH3 is 1. The van der Waals surface area contributed by atoms with E-state index in [9.17, 15) is 9.59 Å². The molecule has 0 bridgehead atoms. The normalized spacial score (nSPS) is 13.3. The third-order valence-electron chi connectivity index (χ3n) is 4.83. The lowest BCUT2D eigenvalue weighted by Crippen LogP contribution is -2.42. The monoisotopic (exact) mass is 364 g/mol.